The summed E-state index contributed by atoms with van der Waals surface area (Å²) in [5.41, 5.74) is 21.4. The first-order chi connectivity index (χ1) is 35.2. The molecule has 0 N–H and O–H groups in total. The maximum Gasteiger partial charge on any atom is 0.193 e. The molecule has 0 aromatic heterocycles. The highest BCUT2D eigenvalue weighted by molar-refractivity contribution is 7.99. The molecule has 2 nitrogen and oxygen atoms in total. The van der Waals surface area contributed by atoms with Gasteiger partial charge < -0.3 is 4.90 Å². The van der Waals surface area contributed by atoms with Gasteiger partial charge in [0.15, 0.2) is 5.78 Å². The van der Waals surface area contributed by atoms with Crippen LogP contribution in [-0.4, -0.2) is 5.78 Å². The lowest BCUT2D eigenvalue weighted by Gasteiger charge is -2.50. The monoisotopic (exact) mass is 921 g/mol. The van der Waals surface area contributed by atoms with Crippen LogP contribution in [0.2, 0.25) is 0 Å². The topological polar surface area (TPSA) is 20.3 Å². The molecule has 0 radical (unpaired) electrons. The van der Waals surface area contributed by atoms with E-state index in [0.717, 1.165) is 106 Å². The van der Waals surface area contributed by atoms with Crippen molar-refractivity contribution in [3.05, 3.63) is 294 Å². The first kappa shape index (κ1) is 41.2. The molecule has 71 heavy (non-hydrogen) atoms. The SMILES string of the molecule is O=C1c2cc(-c3c(-c4ccccc4)cccc3-c3ccccc3)ccc2C2(c3ccc(-c4c(-c5ccccc5)cccc4-c4ccccc4)cc31)c1ccccc1N1c3ccccc3Sc3cccc2c31. The minimum atomic E-state index is -0.858. The van der Waals surface area contributed by atoms with Crippen molar-refractivity contribution in [3.8, 4) is 66.8 Å². The molecule has 14 rings (SSSR count). The van der Waals surface area contributed by atoms with Crippen molar-refractivity contribution in [3.63, 3.8) is 0 Å². The third-order valence-electron chi connectivity index (χ3n) is 14.9. The van der Waals surface area contributed by atoms with E-state index in [4.69, 9.17) is 0 Å². The number of benzene rings is 11. The number of anilines is 3. The quantitative estimate of drug-likeness (QED) is 0.166. The molecule has 11 aromatic carbocycles. The normalized spacial score (nSPS) is 13.4. The second kappa shape index (κ2) is 16.4. The van der Waals surface area contributed by atoms with E-state index in [9.17, 15) is 0 Å². The lowest BCUT2D eigenvalue weighted by molar-refractivity contribution is 0.103. The van der Waals surface area contributed by atoms with Crippen molar-refractivity contribution in [1.82, 2.24) is 0 Å². The Bertz CT molecular complexity index is 3620. The average molecular weight is 922 g/mol. The fourth-order valence-electron chi connectivity index (χ4n) is 11.9. The average Bonchev–Trinajstić information content (AvgIpc) is 3.45. The van der Waals surface area contributed by atoms with Gasteiger partial charge in [-0.15, -0.1) is 0 Å². The van der Waals surface area contributed by atoms with E-state index >= 15 is 4.79 Å². The number of hydrogen-bond acceptors (Lipinski definition) is 3. The largest absolute Gasteiger partial charge is 0.308 e. The zero-order valence-electron chi connectivity index (χ0n) is 38.6. The number of carbonyl (C=O) groups is 1. The lowest BCUT2D eigenvalue weighted by Crippen LogP contribution is -2.43. The Balaban J connectivity index is 1.09. The molecule has 3 aliphatic rings. The van der Waals surface area contributed by atoms with Gasteiger partial charge >= 0.3 is 0 Å². The molecule has 3 heteroatoms. The van der Waals surface area contributed by atoms with Gasteiger partial charge in [-0.2, -0.15) is 0 Å². The van der Waals surface area contributed by atoms with E-state index in [-0.39, 0.29) is 5.78 Å². The Kier molecular flexibility index (Phi) is 9.55. The molecule has 0 saturated heterocycles. The summed E-state index contributed by atoms with van der Waals surface area (Å²) in [5, 5.41) is 0. The van der Waals surface area contributed by atoms with Crippen molar-refractivity contribution in [2.45, 2.75) is 15.2 Å². The molecule has 0 atom stereocenters. The Hall–Kier alpha value is -8.76. The maximum atomic E-state index is 16.3. The van der Waals surface area contributed by atoms with E-state index < -0.39 is 5.41 Å². The van der Waals surface area contributed by atoms with Gasteiger partial charge in [0.05, 0.1) is 22.5 Å². The molecule has 0 amide bonds. The molecule has 11 aromatic rings. The minimum Gasteiger partial charge on any atom is -0.308 e. The fraction of sp³-hybridized carbons (Fsp3) is 0.0147. The molecule has 2 heterocycles. The van der Waals surface area contributed by atoms with Crippen LogP contribution in [0.4, 0.5) is 17.1 Å². The molecular formula is C68H43NOS. The molecule has 0 fully saturated rings. The van der Waals surface area contributed by atoms with E-state index in [0.29, 0.717) is 11.1 Å². The number of rotatable bonds is 6. The van der Waals surface area contributed by atoms with Crippen molar-refractivity contribution in [2.24, 2.45) is 0 Å². The Morgan fingerprint density at radius 3 is 1.18 bits per heavy atom. The number of carbonyl (C=O) groups excluding carboxylic acids is 1. The number of para-hydroxylation sites is 3. The summed E-state index contributed by atoms with van der Waals surface area (Å²) in [5.74, 6) is 0.0191. The van der Waals surface area contributed by atoms with E-state index in [1.807, 2.05) is 11.8 Å². The Labute approximate surface area is 418 Å². The maximum absolute atomic E-state index is 16.3. The van der Waals surface area contributed by atoms with E-state index in [1.54, 1.807) is 0 Å². The van der Waals surface area contributed by atoms with Crippen LogP contribution >= 0.6 is 11.8 Å². The van der Waals surface area contributed by atoms with Crippen LogP contribution in [0.25, 0.3) is 66.8 Å². The molecule has 332 valence electrons. The van der Waals surface area contributed by atoms with Crippen LogP contribution in [0.5, 0.6) is 0 Å². The second-order valence-electron chi connectivity index (χ2n) is 18.6. The highest BCUT2D eigenvalue weighted by Gasteiger charge is 2.53. The first-order valence-electron chi connectivity index (χ1n) is 24.3. The summed E-state index contributed by atoms with van der Waals surface area (Å²) in [6.45, 7) is 0. The minimum absolute atomic E-state index is 0.0191. The second-order valence-corrected chi connectivity index (χ2v) is 19.7. The highest BCUT2D eigenvalue weighted by atomic mass is 32.2. The fourth-order valence-corrected chi connectivity index (χ4v) is 13.0. The summed E-state index contributed by atoms with van der Waals surface area (Å²) in [6.07, 6.45) is 0. The molecule has 1 spiro atoms. The zero-order chi connectivity index (χ0) is 47.0. The van der Waals surface area contributed by atoms with Gasteiger partial charge in [-0.1, -0.05) is 236 Å². The summed E-state index contributed by atoms with van der Waals surface area (Å²) in [6, 6.07) is 93.7. The summed E-state index contributed by atoms with van der Waals surface area (Å²) < 4.78 is 0. The van der Waals surface area contributed by atoms with Gasteiger partial charge in [0.2, 0.25) is 0 Å². The number of ketones is 1. The summed E-state index contributed by atoms with van der Waals surface area (Å²) in [7, 11) is 0. The van der Waals surface area contributed by atoms with E-state index in [2.05, 4.69) is 266 Å². The van der Waals surface area contributed by atoms with Crippen LogP contribution < -0.4 is 4.90 Å². The first-order valence-corrected chi connectivity index (χ1v) is 25.1. The number of fused-ring (bicyclic) bond motifs is 10. The van der Waals surface area contributed by atoms with Crippen LogP contribution in [0.3, 0.4) is 0 Å². The molecule has 0 unspecified atom stereocenters. The van der Waals surface area contributed by atoms with Crippen molar-refractivity contribution >= 4 is 34.6 Å². The van der Waals surface area contributed by atoms with Gasteiger partial charge in [0.25, 0.3) is 0 Å². The van der Waals surface area contributed by atoms with Crippen LogP contribution in [0, 0.1) is 0 Å². The standard InChI is InChI=1S/C68H43NOS/c70-67-54-42-48(64-50(44-20-5-1-6-21-44)28-17-29-51(64)45-22-7-2-8-23-45)38-40-56(54)68(58-32-13-14-34-60(58)69-61-35-15-16-36-62(61)71-63-37-19-33-59(68)66(63)69)57-41-39-49(43-55(57)67)65-52(46-24-9-3-10-25-46)30-18-31-53(65)47-26-11-4-12-27-47/h1-43H. The molecule has 0 saturated carbocycles. The Morgan fingerprint density at radius 1 is 0.296 bits per heavy atom. The van der Waals surface area contributed by atoms with Crippen molar-refractivity contribution < 1.29 is 4.79 Å². The zero-order valence-corrected chi connectivity index (χ0v) is 39.4. The van der Waals surface area contributed by atoms with Gasteiger partial charge in [-0.3, -0.25) is 4.79 Å². The summed E-state index contributed by atoms with van der Waals surface area (Å²) >= 11 is 1.82. The molecular weight excluding hydrogens is 879 g/mol. The van der Waals surface area contributed by atoms with Gasteiger partial charge in [-0.25, -0.2) is 0 Å². The molecule has 1 aliphatic carbocycles. The summed E-state index contributed by atoms with van der Waals surface area (Å²) in [4.78, 5) is 21.2. The Morgan fingerprint density at radius 2 is 0.690 bits per heavy atom. The highest BCUT2D eigenvalue weighted by Crippen LogP contribution is 2.65. The van der Waals surface area contributed by atoms with E-state index in [1.165, 1.54) is 9.79 Å². The van der Waals surface area contributed by atoms with Crippen LogP contribution in [0.15, 0.2) is 271 Å². The van der Waals surface area contributed by atoms with Gasteiger partial charge in [0.1, 0.15) is 0 Å². The predicted octanol–water partition coefficient (Wildman–Crippen LogP) is 17.9. The van der Waals surface area contributed by atoms with Gasteiger partial charge in [0, 0.05) is 20.9 Å². The smallest absolute Gasteiger partial charge is 0.193 e. The molecule has 0 bridgehead atoms. The van der Waals surface area contributed by atoms with Crippen molar-refractivity contribution in [2.75, 3.05) is 4.90 Å². The molecule has 2 aliphatic heterocycles. The lowest BCUT2D eigenvalue weighted by atomic mass is 9.57. The van der Waals surface area contributed by atoms with Crippen LogP contribution in [0.1, 0.15) is 38.2 Å². The number of hydrogen-bond donors (Lipinski definition) is 0. The van der Waals surface area contributed by atoms with Crippen LogP contribution in [-0.2, 0) is 5.41 Å². The van der Waals surface area contributed by atoms with Crippen molar-refractivity contribution in [1.29, 1.82) is 0 Å². The third-order valence-corrected chi connectivity index (χ3v) is 16.0. The van der Waals surface area contributed by atoms with Gasteiger partial charge in [-0.05, 0) is 125 Å². The number of nitrogens with zero attached hydrogens (tertiary/aromatic N) is 1. The third kappa shape index (κ3) is 6.26. The predicted molar refractivity (Wildman–Crippen MR) is 293 cm³/mol.